The first-order valence-electron chi connectivity index (χ1n) is 6.92. The van der Waals surface area contributed by atoms with Crippen molar-refractivity contribution in [2.45, 2.75) is 5.25 Å². The van der Waals surface area contributed by atoms with E-state index in [1.807, 2.05) is 0 Å². The molecule has 2 aromatic carbocycles. The van der Waals surface area contributed by atoms with Crippen LogP contribution in [0.25, 0.3) is 22.6 Å². The van der Waals surface area contributed by atoms with Gasteiger partial charge in [0.15, 0.2) is 11.0 Å². The van der Waals surface area contributed by atoms with Crippen LogP contribution in [0.3, 0.4) is 0 Å². The Morgan fingerprint density at radius 1 is 1.08 bits per heavy atom. The van der Waals surface area contributed by atoms with Crippen molar-refractivity contribution >= 4 is 30.2 Å². The number of phenolic OH excluding ortho intramolecular Hbond substituents is 1. The van der Waals surface area contributed by atoms with E-state index < -0.39 is 11.2 Å². The van der Waals surface area contributed by atoms with Crippen LogP contribution in [0.4, 0.5) is 0 Å². The van der Waals surface area contributed by atoms with Crippen LogP contribution in [0.5, 0.6) is 5.75 Å². The second-order valence-corrected chi connectivity index (χ2v) is 5.98. The summed E-state index contributed by atoms with van der Waals surface area (Å²) in [6, 6.07) is 13.3. The first-order chi connectivity index (χ1) is 11.5. The van der Waals surface area contributed by atoms with Gasteiger partial charge in [-0.1, -0.05) is 23.7 Å². The van der Waals surface area contributed by atoms with E-state index in [1.165, 1.54) is 12.1 Å². The molecule has 1 heterocycles. The lowest BCUT2D eigenvalue weighted by atomic mass is 10.1. The number of carboxylic acid groups (broad SMARTS) is 1. The summed E-state index contributed by atoms with van der Waals surface area (Å²) < 4.78 is 5.67. The van der Waals surface area contributed by atoms with Crippen molar-refractivity contribution in [1.29, 1.82) is 0 Å². The molecule has 1 aromatic heterocycles. The second kappa shape index (κ2) is 6.59. The Labute approximate surface area is 147 Å². The summed E-state index contributed by atoms with van der Waals surface area (Å²) in [5.74, 6) is -0.657. The van der Waals surface area contributed by atoms with E-state index in [4.69, 9.17) is 21.1 Å². The van der Waals surface area contributed by atoms with Gasteiger partial charge < -0.3 is 14.6 Å². The van der Waals surface area contributed by atoms with Crippen LogP contribution in [0.2, 0.25) is 5.02 Å². The molecule has 0 aliphatic rings. The van der Waals surface area contributed by atoms with Crippen LogP contribution < -0.4 is 0 Å². The molecule has 24 heavy (non-hydrogen) atoms. The summed E-state index contributed by atoms with van der Waals surface area (Å²) in [6.45, 7) is 0. The minimum atomic E-state index is -1.18. The molecular formula is C17H12ClNO4S. The maximum absolute atomic E-state index is 11.2. The van der Waals surface area contributed by atoms with E-state index in [1.54, 1.807) is 36.4 Å². The number of carboxylic acids is 1. The summed E-state index contributed by atoms with van der Waals surface area (Å²) in [4.78, 5) is 15.5. The predicted molar refractivity (Wildman–Crippen MR) is 93.4 cm³/mol. The molecular weight excluding hydrogens is 350 g/mol. The first-order valence-corrected chi connectivity index (χ1v) is 7.82. The number of halogens is 1. The van der Waals surface area contributed by atoms with Crippen LogP contribution in [-0.4, -0.2) is 21.2 Å². The molecule has 0 radical (unpaired) electrons. The molecule has 1 unspecified atom stereocenters. The Balaban J connectivity index is 2.16. The van der Waals surface area contributed by atoms with Crippen molar-refractivity contribution in [3.05, 3.63) is 59.4 Å². The fraction of sp³-hybridized carbons (Fsp3) is 0.0588. The first kappa shape index (κ1) is 16.4. The zero-order valence-electron chi connectivity index (χ0n) is 12.2. The molecule has 5 nitrogen and oxygen atoms in total. The monoisotopic (exact) mass is 361 g/mol. The fourth-order valence-electron chi connectivity index (χ4n) is 2.17. The number of nitrogens with zero attached hydrogens (tertiary/aromatic N) is 1. The van der Waals surface area contributed by atoms with E-state index in [0.29, 0.717) is 22.0 Å². The van der Waals surface area contributed by atoms with E-state index in [9.17, 15) is 9.90 Å². The van der Waals surface area contributed by atoms with Gasteiger partial charge in [-0.3, -0.25) is 4.79 Å². The normalized spacial score (nSPS) is 12.1. The van der Waals surface area contributed by atoms with E-state index >= 15 is 0 Å². The number of hydrogen-bond acceptors (Lipinski definition) is 5. The topological polar surface area (TPSA) is 83.6 Å². The Morgan fingerprint density at radius 2 is 1.67 bits per heavy atom. The summed E-state index contributed by atoms with van der Waals surface area (Å²) in [7, 11) is 0. The molecule has 3 rings (SSSR count). The summed E-state index contributed by atoms with van der Waals surface area (Å²) in [5, 5.41) is 18.0. The number of hydrogen-bond donors (Lipinski definition) is 3. The van der Waals surface area contributed by atoms with Gasteiger partial charge in [-0.25, -0.2) is 4.98 Å². The lowest BCUT2D eigenvalue weighted by Gasteiger charge is -2.02. The van der Waals surface area contributed by atoms with Crippen molar-refractivity contribution in [1.82, 2.24) is 4.98 Å². The van der Waals surface area contributed by atoms with Gasteiger partial charge >= 0.3 is 5.97 Å². The van der Waals surface area contributed by atoms with Gasteiger partial charge in [0.25, 0.3) is 0 Å². The minimum absolute atomic E-state index is 0.0149. The third kappa shape index (κ3) is 3.25. The highest BCUT2D eigenvalue weighted by Crippen LogP contribution is 2.36. The van der Waals surface area contributed by atoms with E-state index in [0.717, 1.165) is 5.56 Å². The molecule has 7 heteroatoms. The maximum Gasteiger partial charge on any atom is 0.325 e. The molecule has 0 saturated carbocycles. The van der Waals surface area contributed by atoms with Crippen molar-refractivity contribution in [3.63, 3.8) is 0 Å². The summed E-state index contributed by atoms with van der Waals surface area (Å²) >= 11 is 9.92. The predicted octanol–water partition coefficient (Wildman–Crippen LogP) is 4.42. The molecule has 0 spiro atoms. The lowest BCUT2D eigenvalue weighted by molar-refractivity contribution is -0.136. The summed E-state index contributed by atoms with van der Waals surface area (Å²) in [5.41, 5.74) is 1.86. The van der Waals surface area contributed by atoms with Crippen LogP contribution in [-0.2, 0) is 4.79 Å². The highest BCUT2D eigenvalue weighted by molar-refractivity contribution is 7.81. The van der Waals surface area contributed by atoms with Crippen molar-refractivity contribution < 1.29 is 19.4 Å². The van der Waals surface area contributed by atoms with Gasteiger partial charge in [0.05, 0.1) is 0 Å². The summed E-state index contributed by atoms with van der Waals surface area (Å²) in [6.07, 6.45) is 0. The van der Waals surface area contributed by atoms with Gasteiger partial charge in [0.2, 0.25) is 5.89 Å². The van der Waals surface area contributed by atoms with Crippen LogP contribution >= 0.6 is 24.2 Å². The van der Waals surface area contributed by atoms with Gasteiger partial charge in [0, 0.05) is 16.1 Å². The van der Waals surface area contributed by atoms with Gasteiger partial charge in [0.1, 0.15) is 11.4 Å². The molecule has 0 saturated heterocycles. The zero-order valence-corrected chi connectivity index (χ0v) is 13.8. The van der Waals surface area contributed by atoms with Crippen molar-refractivity contribution in [2.75, 3.05) is 0 Å². The molecule has 0 aliphatic carbocycles. The Morgan fingerprint density at radius 3 is 2.25 bits per heavy atom. The number of benzene rings is 2. The number of carbonyl (C=O) groups is 1. The van der Waals surface area contributed by atoms with Crippen LogP contribution in [0.1, 0.15) is 11.1 Å². The number of oxazole rings is 1. The Kier molecular flexibility index (Phi) is 4.51. The Bertz CT molecular complexity index is 812. The molecule has 0 fully saturated rings. The number of aliphatic carboxylic acids is 1. The highest BCUT2D eigenvalue weighted by Gasteiger charge is 2.25. The largest absolute Gasteiger partial charge is 0.508 e. The van der Waals surface area contributed by atoms with Gasteiger partial charge in [-0.2, -0.15) is 12.6 Å². The molecule has 0 amide bonds. The van der Waals surface area contributed by atoms with Crippen LogP contribution in [0.15, 0.2) is 52.9 Å². The number of aromatic hydroxyl groups is 1. The fourth-order valence-corrected chi connectivity index (χ4v) is 2.41. The quantitative estimate of drug-likeness (QED) is 0.599. The number of rotatable bonds is 4. The minimum Gasteiger partial charge on any atom is -0.508 e. The van der Waals surface area contributed by atoms with Crippen molar-refractivity contribution in [3.8, 4) is 28.3 Å². The third-order valence-electron chi connectivity index (χ3n) is 3.36. The van der Waals surface area contributed by atoms with Crippen molar-refractivity contribution in [2.24, 2.45) is 0 Å². The molecule has 122 valence electrons. The maximum atomic E-state index is 11.2. The molecule has 0 aliphatic heterocycles. The number of aromatic nitrogens is 1. The number of thiol groups is 1. The van der Waals surface area contributed by atoms with Gasteiger partial charge in [-0.15, -0.1) is 0 Å². The smallest absolute Gasteiger partial charge is 0.325 e. The van der Waals surface area contributed by atoms with Gasteiger partial charge in [-0.05, 0) is 36.4 Å². The molecule has 2 N–H and O–H groups in total. The second-order valence-electron chi connectivity index (χ2n) is 5.02. The van der Waals surface area contributed by atoms with E-state index in [-0.39, 0.29) is 11.6 Å². The standard InChI is InChI=1S/C17H12ClNO4S/c18-11-5-1-9(2-6-11)13-14(10-3-7-12(20)8-4-10)23-16(19-13)15(24)17(21)22/h1-8,15,20,24H,(H,21,22). The number of phenols is 1. The zero-order chi connectivity index (χ0) is 17.3. The SMILES string of the molecule is O=C(O)C(S)c1nc(-c2ccc(Cl)cc2)c(-c2ccc(O)cc2)o1. The highest BCUT2D eigenvalue weighted by atomic mass is 35.5. The van der Waals surface area contributed by atoms with Crippen LogP contribution in [0, 0.1) is 0 Å². The molecule has 1 atom stereocenters. The Hall–Kier alpha value is -2.44. The lowest BCUT2D eigenvalue weighted by Crippen LogP contribution is -2.05. The average molecular weight is 362 g/mol. The third-order valence-corrected chi connectivity index (χ3v) is 4.05. The molecule has 0 bridgehead atoms. The average Bonchev–Trinajstić information content (AvgIpc) is 3.00. The van der Waals surface area contributed by atoms with E-state index in [2.05, 4.69) is 17.6 Å². The molecule has 3 aromatic rings.